The third-order valence-corrected chi connectivity index (χ3v) is 4.90. The van der Waals surface area contributed by atoms with Crippen LogP contribution in [0, 0.1) is 10.1 Å². The van der Waals surface area contributed by atoms with Crippen molar-refractivity contribution < 1.29 is 18.4 Å². The van der Waals surface area contributed by atoms with Gasteiger partial charge in [-0.25, -0.2) is 13.1 Å². The summed E-state index contributed by atoms with van der Waals surface area (Å²) in [6, 6.07) is 4.17. The number of rotatable bonds is 4. The second-order valence-electron chi connectivity index (χ2n) is 4.83. The van der Waals surface area contributed by atoms with E-state index in [9.17, 15) is 23.6 Å². The van der Waals surface area contributed by atoms with Gasteiger partial charge < -0.3 is 5.11 Å². The minimum atomic E-state index is -3.77. The van der Waals surface area contributed by atoms with E-state index < -0.39 is 27.1 Å². The summed E-state index contributed by atoms with van der Waals surface area (Å²) in [5.41, 5.74) is -0.165. The topological polar surface area (TPSA) is 110 Å². The van der Waals surface area contributed by atoms with E-state index in [0.717, 1.165) is 25.0 Å². The van der Waals surface area contributed by atoms with Crippen LogP contribution in [0.15, 0.2) is 29.2 Å². The van der Waals surface area contributed by atoms with Gasteiger partial charge in [0.15, 0.2) is 0 Å². The Kier molecular flexibility index (Phi) is 4.36. The zero-order chi connectivity index (χ0) is 14.8. The molecule has 0 spiro atoms. The Balaban J connectivity index is 2.15. The van der Waals surface area contributed by atoms with E-state index in [4.69, 9.17) is 0 Å². The Morgan fingerprint density at radius 3 is 2.35 bits per heavy atom. The van der Waals surface area contributed by atoms with Gasteiger partial charge in [0.1, 0.15) is 0 Å². The van der Waals surface area contributed by atoms with Crippen molar-refractivity contribution in [3.8, 4) is 0 Å². The van der Waals surface area contributed by atoms with Crippen LogP contribution < -0.4 is 4.72 Å². The van der Waals surface area contributed by atoms with Gasteiger partial charge in [-0.3, -0.25) is 10.1 Å². The fourth-order valence-electron chi connectivity index (χ4n) is 2.26. The predicted molar refractivity (Wildman–Crippen MR) is 71.7 cm³/mol. The van der Waals surface area contributed by atoms with Crippen molar-refractivity contribution in [3.63, 3.8) is 0 Å². The number of non-ortho nitro benzene ring substituents is 1. The van der Waals surface area contributed by atoms with Gasteiger partial charge in [-0.05, 0) is 25.0 Å². The number of nitrogens with zero attached hydrogens (tertiary/aromatic N) is 1. The third kappa shape index (κ3) is 3.33. The molecule has 0 heterocycles. The molecule has 0 saturated heterocycles. The van der Waals surface area contributed by atoms with Crippen LogP contribution in [0.2, 0.25) is 0 Å². The molecule has 2 N–H and O–H groups in total. The van der Waals surface area contributed by atoms with Crippen molar-refractivity contribution in [1.82, 2.24) is 4.72 Å². The first-order valence-electron chi connectivity index (χ1n) is 6.35. The van der Waals surface area contributed by atoms with Crippen LogP contribution in [0.1, 0.15) is 25.7 Å². The molecule has 1 aromatic carbocycles. The van der Waals surface area contributed by atoms with Gasteiger partial charge in [-0.2, -0.15) is 0 Å². The molecule has 20 heavy (non-hydrogen) atoms. The zero-order valence-electron chi connectivity index (χ0n) is 10.7. The molecule has 0 aliphatic heterocycles. The average Bonchev–Trinajstić information content (AvgIpc) is 2.41. The van der Waals surface area contributed by atoms with Crippen molar-refractivity contribution >= 4 is 15.7 Å². The van der Waals surface area contributed by atoms with Crippen LogP contribution in [-0.4, -0.2) is 30.6 Å². The fourth-order valence-corrected chi connectivity index (χ4v) is 3.57. The lowest BCUT2D eigenvalue weighted by Gasteiger charge is -2.28. The summed E-state index contributed by atoms with van der Waals surface area (Å²) >= 11 is 0. The van der Waals surface area contributed by atoms with Gasteiger partial charge in [0.05, 0.1) is 15.9 Å². The molecule has 1 fully saturated rings. The van der Waals surface area contributed by atoms with Crippen molar-refractivity contribution in [2.45, 2.75) is 42.7 Å². The third-order valence-electron chi connectivity index (χ3n) is 3.39. The lowest BCUT2D eigenvalue weighted by Crippen LogP contribution is -2.44. The monoisotopic (exact) mass is 300 g/mol. The number of aliphatic hydroxyl groups excluding tert-OH is 1. The maximum Gasteiger partial charge on any atom is 0.269 e. The van der Waals surface area contributed by atoms with Gasteiger partial charge in [0.25, 0.3) is 5.69 Å². The lowest BCUT2D eigenvalue weighted by atomic mass is 9.93. The number of aliphatic hydroxyl groups is 1. The number of nitro benzene ring substituents is 1. The lowest BCUT2D eigenvalue weighted by molar-refractivity contribution is -0.384. The van der Waals surface area contributed by atoms with Gasteiger partial charge in [-0.15, -0.1) is 0 Å². The standard InChI is InChI=1S/C12H16N2O5S/c15-12-4-2-1-3-11(12)13-20(18,19)10-7-5-9(6-8-10)14(16)17/h5-8,11-13,15H,1-4H2. The minimum absolute atomic E-state index is 0.0409. The minimum Gasteiger partial charge on any atom is -0.391 e. The quantitative estimate of drug-likeness (QED) is 0.641. The zero-order valence-corrected chi connectivity index (χ0v) is 11.5. The first kappa shape index (κ1) is 14.9. The van der Waals surface area contributed by atoms with Crippen LogP contribution in [-0.2, 0) is 10.0 Å². The van der Waals surface area contributed by atoms with E-state index in [1.54, 1.807) is 0 Å². The number of nitrogens with one attached hydrogen (secondary N) is 1. The van der Waals surface area contributed by atoms with Crippen molar-refractivity contribution in [3.05, 3.63) is 34.4 Å². The first-order chi connectivity index (χ1) is 9.40. The predicted octanol–water partition coefficient (Wildman–Crippen LogP) is 1.18. The van der Waals surface area contributed by atoms with E-state index in [0.29, 0.717) is 12.8 Å². The Morgan fingerprint density at radius 2 is 1.80 bits per heavy atom. The second-order valence-corrected chi connectivity index (χ2v) is 6.54. The van der Waals surface area contributed by atoms with E-state index in [1.807, 2.05) is 0 Å². The molecule has 0 radical (unpaired) electrons. The number of hydrogen-bond donors (Lipinski definition) is 2. The highest BCUT2D eigenvalue weighted by atomic mass is 32.2. The molecule has 1 aromatic rings. The molecule has 0 aromatic heterocycles. The Morgan fingerprint density at radius 1 is 1.20 bits per heavy atom. The summed E-state index contributed by atoms with van der Waals surface area (Å²) in [6.45, 7) is 0. The molecular weight excluding hydrogens is 284 g/mol. The molecule has 8 heteroatoms. The summed E-state index contributed by atoms with van der Waals surface area (Å²) < 4.78 is 26.7. The molecule has 2 unspecified atom stereocenters. The Bertz CT molecular complexity index is 584. The summed E-state index contributed by atoms with van der Waals surface area (Å²) in [5, 5.41) is 20.3. The van der Waals surface area contributed by atoms with Crippen LogP contribution >= 0.6 is 0 Å². The number of sulfonamides is 1. The summed E-state index contributed by atoms with van der Waals surface area (Å²) in [6.07, 6.45) is 2.24. The summed E-state index contributed by atoms with van der Waals surface area (Å²) in [5.74, 6) is 0. The average molecular weight is 300 g/mol. The molecule has 1 saturated carbocycles. The molecule has 7 nitrogen and oxygen atoms in total. The molecule has 110 valence electrons. The number of hydrogen-bond acceptors (Lipinski definition) is 5. The highest BCUT2D eigenvalue weighted by Crippen LogP contribution is 2.21. The normalized spacial score (nSPS) is 23.4. The van der Waals surface area contributed by atoms with Crippen molar-refractivity contribution in [2.75, 3.05) is 0 Å². The van der Waals surface area contributed by atoms with Gasteiger partial charge in [0, 0.05) is 18.2 Å². The highest BCUT2D eigenvalue weighted by Gasteiger charge is 2.28. The van der Waals surface area contributed by atoms with Crippen LogP contribution in [0.25, 0.3) is 0 Å². The summed E-state index contributed by atoms with van der Waals surface area (Å²) in [7, 11) is -3.77. The van der Waals surface area contributed by atoms with Crippen molar-refractivity contribution in [2.24, 2.45) is 0 Å². The van der Waals surface area contributed by atoms with Crippen LogP contribution in [0.4, 0.5) is 5.69 Å². The van der Waals surface area contributed by atoms with Crippen LogP contribution in [0.3, 0.4) is 0 Å². The highest BCUT2D eigenvalue weighted by molar-refractivity contribution is 7.89. The Labute approximate surface area is 116 Å². The molecule has 2 atom stereocenters. The first-order valence-corrected chi connectivity index (χ1v) is 7.83. The van der Waals surface area contributed by atoms with E-state index in [1.165, 1.54) is 12.1 Å². The maximum absolute atomic E-state index is 12.1. The van der Waals surface area contributed by atoms with Gasteiger partial charge in [0.2, 0.25) is 10.0 Å². The maximum atomic E-state index is 12.1. The molecular formula is C12H16N2O5S. The summed E-state index contributed by atoms with van der Waals surface area (Å²) in [4.78, 5) is 9.90. The van der Waals surface area contributed by atoms with Gasteiger partial charge in [-0.1, -0.05) is 12.8 Å². The van der Waals surface area contributed by atoms with E-state index in [-0.39, 0.29) is 10.6 Å². The largest absolute Gasteiger partial charge is 0.391 e. The molecule has 1 aliphatic rings. The van der Waals surface area contributed by atoms with E-state index >= 15 is 0 Å². The SMILES string of the molecule is O=[N+]([O-])c1ccc(S(=O)(=O)NC2CCCCC2O)cc1. The molecule has 0 amide bonds. The molecule has 2 rings (SSSR count). The van der Waals surface area contributed by atoms with Crippen molar-refractivity contribution in [1.29, 1.82) is 0 Å². The van der Waals surface area contributed by atoms with E-state index in [2.05, 4.69) is 4.72 Å². The Hall–Kier alpha value is -1.51. The number of benzene rings is 1. The molecule has 1 aliphatic carbocycles. The second kappa shape index (κ2) is 5.86. The fraction of sp³-hybridized carbons (Fsp3) is 0.500. The van der Waals surface area contributed by atoms with Crippen LogP contribution in [0.5, 0.6) is 0 Å². The smallest absolute Gasteiger partial charge is 0.269 e. The number of nitro groups is 1. The van der Waals surface area contributed by atoms with Gasteiger partial charge >= 0.3 is 0 Å². The molecule has 0 bridgehead atoms.